The molecule has 3 heterocycles. The van der Waals surface area contributed by atoms with E-state index in [1.807, 2.05) is 25.4 Å². The summed E-state index contributed by atoms with van der Waals surface area (Å²) in [5.74, 6) is 1.24. The smallest absolute Gasteiger partial charge is 0.255 e. The Morgan fingerprint density at radius 3 is 3.00 bits per heavy atom. The molecule has 0 saturated carbocycles. The molecule has 4 rings (SSSR count). The lowest BCUT2D eigenvalue weighted by Crippen LogP contribution is -2.26. The molecule has 0 aliphatic carbocycles. The second-order valence-corrected chi connectivity index (χ2v) is 6.15. The topological polar surface area (TPSA) is 73.1 Å². The van der Waals surface area contributed by atoms with Crippen molar-refractivity contribution in [2.75, 3.05) is 6.54 Å². The summed E-state index contributed by atoms with van der Waals surface area (Å²) < 4.78 is 11.2. The number of hydrogen-bond acceptors (Lipinski definition) is 6. The zero-order valence-electron chi connectivity index (χ0n) is 13.6. The minimum Gasteiger partial charge on any atom is -0.364 e. The van der Waals surface area contributed by atoms with E-state index in [0.717, 1.165) is 25.9 Å². The largest absolute Gasteiger partial charge is 0.364 e. The van der Waals surface area contributed by atoms with Crippen molar-refractivity contribution in [3.63, 3.8) is 0 Å². The highest BCUT2D eigenvalue weighted by Gasteiger charge is 2.30. The van der Waals surface area contributed by atoms with E-state index in [-0.39, 0.29) is 12.2 Å². The van der Waals surface area contributed by atoms with E-state index in [2.05, 4.69) is 38.6 Å². The van der Waals surface area contributed by atoms with Crippen molar-refractivity contribution >= 4 is 10.8 Å². The van der Waals surface area contributed by atoms with Crippen LogP contribution in [-0.2, 0) is 11.3 Å². The number of hydrogen-bond donors (Lipinski definition) is 1. The number of ether oxygens (including phenoxy) is 1. The Morgan fingerprint density at radius 2 is 2.12 bits per heavy atom. The summed E-state index contributed by atoms with van der Waals surface area (Å²) in [4.78, 5) is 8.58. The summed E-state index contributed by atoms with van der Waals surface area (Å²) >= 11 is 0. The van der Waals surface area contributed by atoms with E-state index in [1.165, 1.54) is 16.3 Å². The van der Waals surface area contributed by atoms with E-state index >= 15 is 0 Å². The zero-order chi connectivity index (χ0) is 16.4. The Labute approximate surface area is 140 Å². The second kappa shape index (κ2) is 6.67. The highest BCUT2D eigenvalue weighted by Crippen LogP contribution is 2.31. The first kappa shape index (κ1) is 15.2. The molecule has 0 bridgehead atoms. The molecule has 2 atom stereocenters. The molecule has 3 aromatic rings. The van der Waals surface area contributed by atoms with Crippen LogP contribution in [0.1, 0.15) is 36.2 Å². The maximum Gasteiger partial charge on any atom is 0.255 e. The third-order valence-corrected chi connectivity index (χ3v) is 4.36. The molecule has 0 spiro atoms. The van der Waals surface area contributed by atoms with Gasteiger partial charge in [-0.1, -0.05) is 29.4 Å². The molecule has 0 unspecified atom stereocenters. The molecule has 24 heavy (non-hydrogen) atoms. The van der Waals surface area contributed by atoms with Gasteiger partial charge in [-0.05, 0) is 30.7 Å². The van der Waals surface area contributed by atoms with Gasteiger partial charge in [-0.25, -0.2) is 0 Å². The summed E-state index contributed by atoms with van der Waals surface area (Å²) in [6.07, 6.45) is 5.84. The quantitative estimate of drug-likeness (QED) is 0.778. The van der Waals surface area contributed by atoms with Crippen LogP contribution in [0.3, 0.4) is 0 Å². The zero-order valence-corrected chi connectivity index (χ0v) is 13.6. The van der Waals surface area contributed by atoms with Gasteiger partial charge >= 0.3 is 0 Å². The van der Waals surface area contributed by atoms with Gasteiger partial charge in [0.05, 0.1) is 6.10 Å². The van der Waals surface area contributed by atoms with E-state index in [0.29, 0.717) is 11.7 Å². The molecule has 2 aromatic heterocycles. The first-order chi connectivity index (χ1) is 11.8. The molecule has 1 aliphatic heterocycles. The number of pyridine rings is 1. The van der Waals surface area contributed by atoms with Gasteiger partial charge in [0.25, 0.3) is 5.89 Å². The molecule has 1 fully saturated rings. The summed E-state index contributed by atoms with van der Waals surface area (Å²) in [6.45, 7) is 3.39. The number of benzene rings is 1. The van der Waals surface area contributed by atoms with E-state index < -0.39 is 0 Å². The number of rotatable bonds is 5. The lowest BCUT2D eigenvalue weighted by molar-refractivity contribution is 0.0264. The van der Waals surface area contributed by atoms with Crippen LogP contribution in [0.15, 0.2) is 41.2 Å². The molecule has 124 valence electrons. The lowest BCUT2D eigenvalue weighted by Gasteiger charge is -2.13. The van der Waals surface area contributed by atoms with Gasteiger partial charge in [0, 0.05) is 30.9 Å². The Hall–Kier alpha value is -2.31. The van der Waals surface area contributed by atoms with Crippen LogP contribution < -0.4 is 5.32 Å². The average Bonchev–Trinajstić information content (AvgIpc) is 3.24. The minimum atomic E-state index is -0.0720. The molecule has 0 amide bonds. The minimum absolute atomic E-state index is 0.0720. The lowest BCUT2D eigenvalue weighted by atomic mass is 10.1. The Morgan fingerprint density at radius 1 is 1.21 bits per heavy atom. The van der Waals surface area contributed by atoms with Gasteiger partial charge in [0.15, 0.2) is 5.82 Å². The third-order valence-electron chi connectivity index (χ3n) is 4.36. The summed E-state index contributed by atoms with van der Waals surface area (Å²) in [5.41, 5.74) is 1.20. The fraction of sp³-hybridized carbons (Fsp3) is 0.389. The van der Waals surface area contributed by atoms with E-state index in [1.54, 1.807) is 0 Å². The van der Waals surface area contributed by atoms with Gasteiger partial charge in [0.1, 0.15) is 6.10 Å². The first-order valence-corrected chi connectivity index (χ1v) is 8.27. The molecule has 6 nitrogen and oxygen atoms in total. The molecule has 1 aromatic carbocycles. The fourth-order valence-corrected chi connectivity index (χ4v) is 3.17. The van der Waals surface area contributed by atoms with Crippen LogP contribution in [0.4, 0.5) is 0 Å². The van der Waals surface area contributed by atoms with Crippen molar-refractivity contribution in [3.8, 4) is 0 Å². The molecule has 1 aliphatic rings. The van der Waals surface area contributed by atoms with Crippen LogP contribution in [0.25, 0.3) is 10.8 Å². The maximum atomic E-state index is 6.01. The summed E-state index contributed by atoms with van der Waals surface area (Å²) in [6, 6.07) is 8.31. The molecular weight excluding hydrogens is 304 g/mol. The average molecular weight is 324 g/mol. The van der Waals surface area contributed by atoms with Crippen LogP contribution >= 0.6 is 0 Å². The van der Waals surface area contributed by atoms with Crippen molar-refractivity contribution in [3.05, 3.63) is 53.9 Å². The second-order valence-electron chi connectivity index (χ2n) is 6.15. The Balaban J connectivity index is 1.33. The van der Waals surface area contributed by atoms with Crippen molar-refractivity contribution in [2.45, 2.75) is 38.5 Å². The standard InChI is InChI=1S/C18H20N4O2/c1-12-21-18(24-22-12)17-7-6-15(23-17)11-20-10-14-9-19-8-13-4-2-3-5-16(13)14/h2-5,8-9,15,17,20H,6-7,10-11H2,1H3/t15-,17+/m1/s1. The predicted molar refractivity (Wildman–Crippen MR) is 89.3 cm³/mol. The summed E-state index contributed by atoms with van der Waals surface area (Å²) in [5, 5.41) is 9.72. The molecular formula is C18H20N4O2. The van der Waals surface area contributed by atoms with Gasteiger partial charge < -0.3 is 14.6 Å². The number of nitrogens with zero attached hydrogens (tertiary/aromatic N) is 3. The number of nitrogens with one attached hydrogen (secondary N) is 1. The normalized spacial score (nSPS) is 20.7. The Bertz CT molecular complexity index is 827. The van der Waals surface area contributed by atoms with Gasteiger partial charge in [0.2, 0.25) is 0 Å². The number of aryl methyl sites for hydroxylation is 1. The molecule has 1 saturated heterocycles. The van der Waals surface area contributed by atoms with Crippen LogP contribution in [0.2, 0.25) is 0 Å². The van der Waals surface area contributed by atoms with Crippen LogP contribution in [-0.4, -0.2) is 27.8 Å². The van der Waals surface area contributed by atoms with Gasteiger partial charge in [-0.3, -0.25) is 4.98 Å². The van der Waals surface area contributed by atoms with Crippen LogP contribution in [0, 0.1) is 6.92 Å². The Kier molecular flexibility index (Phi) is 4.23. The van der Waals surface area contributed by atoms with E-state index in [4.69, 9.17) is 9.26 Å². The van der Waals surface area contributed by atoms with Gasteiger partial charge in [-0.15, -0.1) is 0 Å². The van der Waals surface area contributed by atoms with Crippen molar-refractivity contribution in [1.29, 1.82) is 0 Å². The molecule has 1 N–H and O–H groups in total. The van der Waals surface area contributed by atoms with Crippen molar-refractivity contribution in [2.24, 2.45) is 0 Å². The monoisotopic (exact) mass is 324 g/mol. The third kappa shape index (κ3) is 3.16. The van der Waals surface area contributed by atoms with Crippen molar-refractivity contribution < 1.29 is 9.26 Å². The van der Waals surface area contributed by atoms with Crippen molar-refractivity contribution in [1.82, 2.24) is 20.4 Å². The molecule has 0 radical (unpaired) electrons. The molecule has 6 heteroatoms. The van der Waals surface area contributed by atoms with Gasteiger partial charge in [-0.2, -0.15) is 4.98 Å². The SMILES string of the molecule is Cc1noc([C@@H]2CC[C@H](CNCc3cncc4ccccc34)O2)n1. The maximum absolute atomic E-state index is 6.01. The highest BCUT2D eigenvalue weighted by molar-refractivity contribution is 5.84. The first-order valence-electron chi connectivity index (χ1n) is 8.27. The number of aromatic nitrogens is 3. The number of fused-ring (bicyclic) bond motifs is 1. The van der Waals surface area contributed by atoms with Crippen LogP contribution in [0.5, 0.6) is 0 Å². The fourth-order valence-electron chi connectivity index (χ4n) is 3.17. The summed E-state index contributed by atoms with van der Waals surface area (Å²) in [7, 11) is 0. The highest BCUT2D eigenvalue weighted by atomic mass is 16.5. The van der Waals surface area contributed by atoms with E-state index in [9.17, 15) is 0 Å². The predicted octanol–water partition coefficient (Wildman–Crippen LogP) is 2.94.